The summed E-state index contributed by atoms with van der Waals surface area (Å²) in [6.45, 7) is 1.70. The van der Waals surface area contributed by atoms with Crippen LogP contribution in [0.5, 0.6) is 11.5 Å². The van der Waals surface area contributed by atoms with Gasteiger partial charge in [-0.1, -0.05) is 12.5 Å². The van der Waals surface area contributed by atoms with Crippen LogP contribution in [0, 0.1) is 17.8 Å². The van der Waals surface area contributed by atoms with Crippen LogP contribution in [0.15, 0.2) is 18.2 Å². The third-order valence-corrected chi connectivity index (χ3v) is 4.98. The molecular formula is C17H25NO2. The van der Waals surface area contributed by atoms with E-state index in [2.05, 4.69) is 11.4 Å². The maximum absolute atomic E-state index is 6.15. The smallest absolute Gasteiger partial charge is 0.127 e. The third-order valence-electron chi connectivity index (χ3n) is 4.98. The minimum Gasteiger partial charge on any atom is -0.497 e. The SMILES string of the molecule is CNCc1ccc(OC)cc1OCC1CC2CCC1C2. The molecule has 2 bridgehead atoms. The molecule has 0 aromatic heterocycles. The van der Waals surface area contributed by atoms with E-state index in [1.807, 2.05) is 19.2 Å². The summed E-state index contributed by atoms with van der Waals surface area (Å²) in [5.41, 5.74) is 1.21. The number of methoxy groups -OCH3 is 1. The Labute approximate surface area is 121 Å². The van der Waals surface area contributed by atoms with Crippen LogP contribution in [-0.4, -0.2) is 20.8 Å². The summed E-state index contributed by atoms with van der Waals surface area (Å²) >= 11 is 0. The predicted octanol–water partition coefficient (Wildman–Crippen LogP) is 3.23. The number of benzene rings is 1. The van der Waals surface area contributed by atoms with Crippen molar-refractivity contribution in [3.63, 3.8) is 0 Å². The molecule has 0 heterocycles. The van der Waals surface area contributed by atoms with E-state index in [1.165, 1.54) is 31.2 Å². The summed E-state index contributed by atoms with van der Waals surface area (Å²) in [6, 6.07) is 6.10. The van der Waals surface area contributed by atoms with Crippen LogP contribution in [0.25, 0.3) is 0 Å². The van der Waals surface area contributed by atoms with Gasteiger partial charge in [0.25, 0.3) is 0 Å². The van der Waals surface area contributed by atoms with Gasteiger partial charge in [-0.2, -0.15) is 0 Å². The average Bonchev–Trinajstić information content (AvgIpc) is 3.09. The standard InChI is InChI=1S/C17H25NO2/c1-18-10-14-5-6-16(19-2)9-17(14)20-11-15-8-12-3-4-13(15)7-12/h5-6,9,12-13,15,18H,3-4,7-8,10-11H2,1-2H3. The van der Waals surface area contributed by atoms with Crippen LogP contribution in [0.2, 0.25) is 0 Å². The molecule has 3 atom stereocenters. The fraction of sp³-hybridized carbons (Fsp3) is 0.647. The van der Waals surface area contributed by atoms with Gasteiger partial charge in [0.05, 0.1) is 13.7 Å². The van der Waals surface area contributed by atoms with E-state index in [0.29, 0.717) is 0 Å². The summed E-state index contributed by atoms with van der Waals surface area (Å²) in [6.07, 6.45) is 5.68. The number of nitrogens with one attached hydrogen (secondary N) is 1. The lowest BCUT2D eigenvalue weighted by Crippen LogP contribution is -2.19. The van der Waals surface area contributed by atoms with E-state index in [4.69, 9.17) is 9.47 Å². The minimum absolute atomic E-state index is 0.766. The van der Waals surface area contributed by atoms with Crippen molar-refractivity contribution < 1.29 is 9.47 Å². The van der Waals surface area contributed by atoms with E-state index in [1.54, 1.807) is 7.11 Å². The summed E-state index contributed by atoms with van der Waals surface area (Å²) in [5, 5.41) is 3.20. The van der Waals surface area contributed by atoms with Crippen LogP contribution in [0.3, 0.4) is 0 Å². The van der Waals surface area contributed by atoms with Gasteiger partial charge < -0.3 is 14.8 Å². The Kier molecular flexibility index (Phi) is 4.16. The van der Waals surface area contributed by atoms with Crippen LogP contribution in [-0.2, 0) is 6.54 Å². The first-order valence-corrected chi connectivity index (χ1v) is 7.74. The Morgan fingerprint density at radius 3 is 2.80 bits per heavy atom. The molecule has 1 aromatic carbocycles. The molecule has 0 spiro atoms. The molecule has 2 aliphatic rings. The average molecular weight is 275 g/mol. The highest BCUT2D eigenvalue weighted by Gasteiger charge is 2.39. The highest BCUT2D eigenvalue weighted by Crippen LogP contribution is 2.48. The topological polar surface area (TPSA) is 30.5 Å². The van der Waals surface area contributed by atoms with Crippen molar-refractivity contribution in [2.24, 2.45) is 17.8 Å². The van der Waals surface area contributed by atoms with Crippen LogP contribution in [0.4, 0.5) is 0 Å². The van der Waals surface area contributed by atoms with Crippen LogP contribution < -0.4 is 14.8 Å². The molecule has 3 unspecified atom stereocenters. The molecule has 1 N–H and O–H groups in total. The van der Waals surface area contributed by atoms with Crippen molar-refractivity contribution in [3.8, 4) is 11.5 Å². The lowest BCUT2D eigenvalue weighted by atomic mass is 9.89. The second-order valence-electron chi connectivity index (χ2n) is 6.25. The number of hydrogen-bond donors (Lipinski definition) is 1. The highest BCUT2D eigenvalue weighted by molar-refractivity contribution is 5.40. The van der Waals surface area contributed by atoms with Gasteiger partial charge in [-0.3, -0.25) is 0 Å². The summed E-state index contributed by atoms with van der Waals surface area (Å²) in [7, 11) is 3.66. The van der Waals surface area contributed by atoms with E-state index in [-0.39, 0.29) is 0 Å². The minimum atomic E-state index is 0.766. The number of ether oxygens (including phenoxy) is 2. The van der Waals surface area contributed by atoms with E-state index in [0.717, 1.165) is 42.4 Å². The van der Waals surface area contributed by atoms with Crippen molar-refractivity contribution in [2.75, 3.05) is 20.8 Å². The van der Waals surface area contributed by atoms with Crippen molar-refractivity contribution in [2.45, 2.75) is 32.2 Å². The normalized spacial score (nSPS) is 27.8. The van der Waals surface area contributed by atoms with Crippen molar-refractivity contribution >= 4 is 0 Å². The Morgan fingerprint density at radius 1 is 1.25 bits per heavy atom. The summed E-state index contributed by atoms with van der Waals surface area (Å²) < 4.78 is 11.5. The second kappa shape index (κ2) is 6.04. The molecule has 3 rings (SSSR count). The lowest BCUT2D eigenvalue weighted by Gasteiger charge is -2.22. The van der Waals surface area contributed by atoms with Gasteiger partial charge in [0.2, 0.25) is 0 Å². The zero-order chi connectivity index (χ0) is 13.9. The zero-order valence-corrected chi connectivity index (χ0v) is 12.5. The summed E-state index contributed by atoms with van der Waals surface area (Å²) in [5.74, 6) is 4.51. The Morgan fingerprint density at radius 2 is 2.15 bits per heavy atom. The molecule has 1 aromatic rings. The van der Waals surface area contributed by atoms with Gasteiger partial charge in [0.15, 0.2) is 0 Å². The molecule has 2 saturated carbocycles. The molecule has 3 nitrogen and oxygen atoms in total. The Balaban J connectivity index is 1.66. The van der Waals surface area contributed by atoms with Crippen LogP contribution in [0.1, 0.15) is 31.2 Å². The van der Waals surface area contributed by atoms with Gasteiger partial charge >= 0.3 is 0 Å². The third kappa shape index (κ3) is 2.78. The predicted molar refractivity (Wildman–Crippen MR) is 80.2 cm³/mol. The van der Waals surface area contributed by atoms with E-state index < -0.39 is 0 Å². The number of hydrogen-bond acceptors (Lipinski definition) is 3. The fourth-order valence-electron chi connectivity index (χ4n) is 3.91. The molecule has 3 heteroatoms. The second-order valence-corrected chi connectivity index (χ2v) is 6.25. The van der Waals surface area contributed by atoms with E-state index in [9.17, 15) is 0 Å². The van der Waals surface area contributed by atoms with E-state index >= 15 is 0 Å². The van der Waals surface area contributed by atoms with Gasteiger partial charge in [-0.15, -0.1) is 0 Å². The quantitative estimate of drug-likeness (QED) is 0.864. The largest absolute Gasteiger partial charge is 0.497 e. The molecule has 0 amide bonds. The fourth-order valence-corrected chi connectivity index (χ4v) is 3.91. The van der Waals surface area contributed by atoms with Gasteiger partial charge in [-0.05, 0) is 50.1 Å². The highest BCUT2D eigenvalue weighted by atomic mass is 16.5. The zero-order valence-electron chi connectivity index (χ0n) is 12.5. The first kappa shape index (κ1) is 13.7. The van der Waals surface area contributed by atoms with Crippen molar-refractivity contribution in [1.82, 2.24) is 5.32 Å². The lowest BCUT2D eigenvalue weighted by molar-refractivity contribution is 0.193. The van der Waals surface area contributed by atoms with Crippen molar-refractivity contribution in [1.29, 1.82) is 0 Å². The first-order valence-electron chi connectivity index (χ1n) is 7.74. The molecule has 0 saturated heterocycles. The molecule has 2 aliphatic carbocycles. The van der Waals surface area contributed by atoms with Gasteiger partial charge in [0.1, 0.15) is 11.5 Å². The number of fused-ring (bicyclic) bond motifs is 2. The molecular weight excluding hydrogens is 250 g/mol. The van der Waals surface area contributed by atoms with Crippen LogP contribution >= 0.6 is 0 Å². The molecule has 0 aliphatic heterocycles. The molecule has 20 heavy (non-hydrogen) atoms. The molecule has 2 fully saturated rings. The first-order chi connectivity index (χ1) is 9.80. The van der Waals surface area contributed by atoms with Gasteiger partial charge in [0, 0.05) is 18.2 Å². The monoisotopic (exact) mass is 275 g/mol. The van der Waals surface area contributed by atoms with Gasteiger partial charge in [-0.25, -0.2) is 0 Å². The Bertz CT molecular complexity index is 460. The number of rotatable bonds is 6. The van der Waals surface area contributed by atoms with Crippen molar-refractivity contribution in [3.05, 3.63) is 23.8 Å². The summed E-state index contributed by atoms with van der Waals surface area (Å²) in [4.78, 5) is 0. The maximum Gasteiger partial charge on any atom is 0.127 e. The Hall–Kier alpha value is -1.22. The molecule has 0 radical (unpaired) electrons. The molecule has 110 valence electrons. The maximum atomic E-state index is 6.15.